The van der Waals surface area contributed by atoms with Crippen molar-refractivity contribution in [3.05, 3.63) is 0 Å². The van der Waals surface area contributed by atoms with E-state index >= 15 is 0 Å². The van der Waals surface area contributed by atoms with Crippen LogP contribution in [0.15, 0.2) is 0 Å². The van der Waals surface area contributed by atoms with Crippen molar-refractivity contribution in [2.45, 2.75) is 26.7 Å². The van der Waals surface area contributed by atoms with Gasteiger partial charge in [-0.25, -0.2) is 0 Å². The van der Waals surface area contributed by atoms with Crippen molar-refractivity contribution < 1.29 is 0 Å². The Bertz CT molecular complexity index is 84.4. The maximum Gasteiger partial charge on any atom is -0.00438 e. The smallest absolute Gasteiger partial charge is 0.00438 e. The Morgan fingerprint density at radius 3 is 2.25 bits per heavy atom. The van der Waals surface area contributed by atoms with E-state index in [1.54, 1.807) is 0 Å². The van der Waals surface area contributed by atoms with E-state index in [1.807, 2.05) is 0 Å². The lowest BCUT2D eigenvalue weighted by atomic mass is 9.63. The summed E-state index contributed by atoms with van der Waals surface area (Å²) in [6, 6.07) is 0. The summed E-state index contributed by atoms with van der Waals surface area (Å²) in [6.45, 7) is 5.48. The second-order valence-electron chi connectivity index (χ2n) is 3.46. The molecular weight excluding hydrogens is 98.1 g/mol. The van der Waals surface area contributed by atoms with Crippen LogP contribution in [0, 0.1) is 11.3 Å². The fraction of sp³-hybridized carbons (Fsp3) is 1.00. The molecule has 0 aromatic heterocycles. The van der Waals surface area contributed by atoms with Crippen LogP contribution in [-0.4, -0.2) is 6.54 Å². The van der Waals surface area contributed by atoms with Crippen LogP contribution in [0.2, 0.25) is 0 Å². The van der Waals surface area contributed by atoms with Crippen molar-refractivity contribution in [1.29, 1.82) is 0 Å². The monoisotopic (exact) mass is 113 g/mol. The zero-order valence-corrected chi connectivity index (χ0v) is 5.78. The van der Waals surface area contributed by atoms with Crippen LogP contribution >= 0.6 is 0 Å². The molecule has 48 valence electrons. The number of hydrogen-bond acceptors (Lipinski definition) is 1. The molecule has 0 heterocycles. The Morgan fingerprint density at radius 1 is 1.62 bits per heavy atom. The zero-order valence-electron chi connectivity index (χ0n) is 5.78. The fourth-order valence-corrected chi connectivity index (χ4v) is 1.36. The summed E-state index contributed by atoms with van der Waals surface area (Å²) >= 11 is 0. The SMILES string of the molecule is CC1(C)CC[C@@H]1CN. The maximum atomic E-state index is 5.51. The summed E-state index contributed by atoms with van der Waals surface area (Å²) in [5.41, 5.74) is 6.07. The van der Waals surface area contributed by atoms with Gasteiger partial charge in [-0.05, 0) is 30.7 Å². The molecule has 0 unspecified atom stereocenters. The highest BCUT2D eigenvalue weighted by Gasteiger charge is 2.36. The third-order valence-corrected chi connectivity index (χ3v) is 2.53. The van der Waals surface area contributed by atoms with Crippen molar-refractivity contribution >= 4 is 0 Å². The quantitative estimate of drug-likeness (QED) is 0.546. The minimum atomic E-state index is 0.564. The van der Waals surface area contributed by atoms with Gasteiger partial charge in [-0.2, -0.15) is 0 Å². The Kier molecular flexibility index (Phi) is 1.31. The predicted molar refractivity (Wildman–Crippen MR) is 35.6 cm³/mol. The minimum absolute atomic E-state index is 0.564. The molecule has 0 aromatic carbocycles. The molecule has 0 amide bonds. The van der Waals surface area contributed by atoms with Crippen LogP contribution in [0.1, 0.15) is 26.7 Å². The summed E-state index contributed by atoms with van der Waals surface area (Å²) < 4.78 is 0. The van der Waals surface area contributed by atoms with E-state index in [4.69, 9.17) is 5.73 Å². The van der Waals surface area contributed by atoms with Crippen molar-refractivity contribution in [2.24, 2.45) is 17.1 Å². The maximum absolute atomic E-state index is 5.51. The average Bonchev–Trinajstić information content (AvgIpc) is 1.66. The first-order valence-electron chi connectivity index (χ1n) is 3.37. The van der Waals surface area contributed by atoms with E-state index in [9.17, 15) is 0 Å². The van der Waals surface area contributed by atoms with Gasteiger partial charge in [-0.3, -0.25) is 0 Å². The van der Waals surface area contributed by atoms with Gasteiger partial charge in [0.1, 0.15) is 0 Å². The van der Waals surface area contributed by atoms with E-state index in [2.05, 4.69) is 13.8 Å². The van der Waals surface area contributed by atoms with Gasteiger partial charge in [-0.15, -0.1) is 0 Å². The summed E-state index contributed by atoms with van der Waals surface area (Å²) in [4.78, 5) is 0. The Morgan fingerprint density at radius 2 is 2.25 bits per heavy atom. The molecule has 0 spiro atoms. The van der Waals surface area contributed by atoms with Crippen LogP contribution in [0.4, 0.5) is 0 Å². The highest BCUT2D eigenvalue weighted by atomic mass is 14.6. The lowest BCUT2D eigenvalue weighted by molar-refractivity contribution is 0.0800. The number of hydrogen-bond donors (Lipinski definition) is 1. The summed E-state index contributed by atoms with van der Waals surface area (Å²) in [7, 11) is 0. The van der Waals surface area contributed by atoms with E-state index in [0.717, 1.165) is 12.5 Å². The fourth-order valence-electron chi connectivity index (χ4n) is 1.36. The molecule has 0 saturated heterocycles. The Labute approximate surface area is 51.3 Å². The predicted octanol–water partition coefficient (Wildman–Crippen LogP) is 1.38. The normalized spacial score (nSPS) is 34.1. The van der Waals surface area contributed by atoms with Crippen LogP contribution in [0.5, 0.6) is 0 Å². The van der Waals surface area contributed by atoms with Gasteiger partial charge in [0.2, 0.25) is 0 Å². The van der Waals surface area contributed by atoms with E-state index < -0.39 is 0 Å². The zero-order chi connectivity index (χ0) is 6.20. The van der Waals surface area contributed by atoms with Gasteiger partial charge in [-0.1, -0.05) is 13.8 Å². The van der Waals surface area contributed by atoms with Gasteiger partial charge in [0, 0.05) is 0 Å². The summed E-state index contributed by atoms with van der Waals surface area (Å²) in [6.07, 6.45) is 2.72. The van der Waals surface area contributed by atoms with Crippen LogP contribution in [0.3, 0.4) is 0 Å². The van der Waals surface area contributed by atoms with E-state index in [0.29, 0.717) is 5.41 Å². The average molecular weight is 113 g/mol. The van der Waals surface area contributed by atoms with Crippen molar-refractivity contribution in [3.63, 3.8) is 0 Å². The largest absolute Gasteiger partial charge is 0.330 e. The molecule has 1 nitrogen and oxygen atoms in total. The van der Waals surface area contributed by atoms with Crippen molar-refractivity contribution in [3.8, 4) is 0 Å². The molecule has 1 fully saturated rings. The second-order valence-corrected chi connectivity index (χ2v) is 3.46. The molecule has 2 N–H and O–H groups in total. The number of nitrogens with two attached hydrogens (primary N) is 1. The highest BCUT2D eigenvalue weighted by Crippen LogP contribution is 2.44. The number of rotatable bonds is 1. The second kappa shape index (κ2) is 1.73. The lowest BCUT2D eigenvalue weighted by Gasteiger charge is -2.43. The molecule has 1 saturated carbocycles. The molecular formula is C7H15N. The van der Waals surface area contributed by atoms with Gasteiger partial charge in [0.25, 0.3) is 0 Å². The molecule has 1 aliphatic rings. The third kappa shape index (κ3) is 0.752. The molecule has 1 aliphatic carbocycles. The molecule has 0 bridgehead atoms. The van der Waals surface area contributed by atoms with Crippen molar-refractivity contribution in [2.75, 3.05) is 6.54 Å². The Balaban J connectivity index is 2.37. The topological polar surface area (TPSA) is 26.0 Å². The summed E-state index contributed by atoms with van der Waals surface area (Å²) in [5, 5.41) is 0. The third-order valence-electron chi connectivity index (χ3n) is 2.53. The highest BCUT2D eigenvalue weighted by molar-refractivity contribution is 4.88. The first-order valence-corrected chi connectivity index (χ1v) is 3.37. The lowest BCUT2D eigenvalue weighted by Crippen LogP contribution is -2.39. The molecule has 8 heavy (non-hydrogen) atoms. The van der Waals surface area contributed by atoms with Gasteiger partial charge >= 0.3 is 0 Å². The molecule has 1 heteroatoms. The Hall–Kier alpha value is -0.0400. The van der Waals surface area contributed by atoms with Crippen LogP contribution in [0.25, 0.3) is 0 Å². The van der Waals surface area contributed by atoms with Gasteiger partial charge < -0.3 is 5.73 Å². The van der Waals surface area contributed by atoms with Crippen molar-refractivity contribution in [1.82, 2.24) is 0 Å². The van der Waals surface area contributed by atoms with Crippen LogP contribution < -0.4 is 5.73 Å². The van der Waals surface area contributed by atoms with Gasteiger partial charge in [0.15, 0.2) is 0 Å². The standard InChI is InChI=1S/C7H15N/c1-7(2)4-3-6(7)5-8/h6H,3-5,8H2,1-2H3/t6-/m1/s1. The molecule has 1 atom stereocenters. The van der Waals surface area contributed by atoms with E-state index in [-0.39, 0.29) is 0 Å². The van der Waals surface area contributed by atoms with Crippen LogP contribution in [-0.2, 0) is 0 Å². The molecule has 0 aromatic rings. The first kappa shape index (κ1) is 6.09. The van der Waals surface area contributed by atoms with Gasteiger partial charge in [0.05, 0.1) is 0 Å². The first-order chi connectivity index (χ1) is 3.67. The molecule has 0 aliphatic heterocycles. The minimum Gasteiger partial charge on any atom is -0.330 e. The van der Waals surface area contributed by atoms with E-state index in [1.165, 1.54) is 12.8 Å². The molecule has 0 radical (unpaired) electrons. The summed E-state index contributed by atoms with van der Waals surface area (Å²) in [5.74, 6) is 0.808. The molecule has 1 rings (SSSR count).